The van der Waals surface area contributed by atoms with Crippen molar-refractivity contribution < 1.29 is 8.74 Å². The maximum absolute atomic E-state index is 8.30. The molecule has 0 unspecified atom stereocenters. The zero-order valence-electron chi connectivity index (χ0n) is 10.0. The Kier molecular flexibility index (Phi) is 14.5. The molecule has 0 radical (unpaired) electrons. The first-order chi connectivity index (χ1) is 7.41. The molecule has 0 heterocycles. The molecule has 3 heteroatoms. The van der Waals surface area contributed by atoms with Crippen molar-refractivity contribution in [3.05, 3.63) is 0 Å². The van der Waals surface area contributed by atoms with Gasteiger partial charge in [0.2, 0.25) is 0 Å². The fourth-order valence-corrected chi connectivity index (χ4v) is 1.88. The van der Waals surface area contributed by atoms with E-state index in [1.54, 1.807) is 0 Å². The molecular formula is C12H26O2S. The Morgan fingerprint density at radius 3 is 1.73 bits per heavy atom. The summed E-state index contributed by atoms with van der Waals surface area (Å²) >= 11 is 0.481. The molecule has 0 rings (SSSR count). The van der Waals surface area contributed by atoms with Gasteiger partial charge in [-0.25, -0.2) is 0 Å². The van der Waals surface area contributed by atoms with E-state index < -0.39 is 0 Å². The predicted octanol–water partition coefficient (Wildman–Crippen LogP) is 5.05. The Bertz CT molecular complexity index is 97.8. The summed E-state index contributed by atoms with van der Waals surface area (Å²) in [6.45, 7) is 2.93. The molecular weight excluding hydrogens is 208 g/mol. The van der Waals surface area contributed by atoms with Gasteiger partial charge in [0.1, 0.15) is 0 Å². The van der Waals surface area contributed by atoms with Crippen molar-refractivity contribution in [1.82, 2.24) is 0 Å². The third kappa shape index (κ3) is 14.3. The molecule has 0 aromatic rings. The fourth-order valence-electron chi connectivity index (χ4n) is 1.69. The molecule has 0 bridgehead atoms. The predicted molar refractivity (Wildman–Crippen MR) is 68.0 cm³/mol. The molecule has 0 amide bonds. The van der Waals surface area contributed by atoms with Gasteiger partial charge in [0.05, 0.1) is 6.61 Å². The van der Waals surface area contributed by atoms with Crippen molar-refractivity contribution in [3.63, 3.8) is 0 Å². The highest BCUT2D eigenvalue weighted by molar-refractivity contribution is 7.88. The lowest BCUT2D eigenvalue weighted by atomic mass is 10.1. The van der Waals surface area contributed by atoms with Gasteiger partial charge in [-0.1, -0.05) is 64.7 Å². The summed E-state index contributed by atoms with van der Waals surface area (Å²) in [7, 11) is 0. The average Bonchev–Trinajstić information content (AvgIpc) is 2.26. The first-order valence-electron chi connectivity index (χ1n) is 6.35. The van der Waals surface area contributed by atoms with Crippen molar-refractivity contribution in [2.75, 3.05) is 6.61 Å². The maximum atomic E-state index is 8.30. The van der Waals surface area contributed by atoms with Crippen LogP contribution in [-0.4, -0.2) is 11.2 Å². The highest BCUT2D eigenvalue weighted by atomic mass is 32.2. The SMILES string of the molecule is CCCCCCCCCCCCOSO. The zero-order chi connectivity index (χ0) is 11.2. The van der Waals surface area contributed by atoms with Gasteiger partial charge in [0.15, 0.2) is 12.3 Å². The second-order valence-electron chi connectivity index (χ2n) is 4.08. The molecule has 0 aromatic carbocycles. The van der Waals surface area contributed by atoms with E-state index in [1.807, 2.05) is 0 Å². The first kappa shape index (κ1) is 15.3. The van der Waals surface area contributed by atoms with Gasteiger partial charge in [-0.3, -0.25) is 4.18 Å². The lowest BCUT2D eigenvalue weighted by molar-refractivity contribution is 0.329. The summed E-state index contributed by atoms with van der Waals surface area (Å²) in [5.41, 5.74) is 0. The van der Waals surface area contributed by atoms with Crippen LogP contribution in [0.4, 0.5) is 0 Å². The molecule has 0 aromatic heterocycles. The summed E-state index contributed by atoms with van der Waals surface area (Å²) < 4.78 is 13.1. The minimum absolute atomic E-state index is 0.481. The standard InChI is InChI=1S/C12H26O2S/c1-2-3-4-5-6-7-8-9-10-11-12-14-15-13/h13H,2-12H2,1H3. The molecule has 0 fully saturated rings. The highest BCUT2D eigenvalue weighted by Gasteiger charge is 1.92. The quantitative estimate of drug-likeness (QED) is 0.379. The Hall–Kier alpha value is 0.270. The molecule has 1 N–H and O–H groups in total. The largest absolute Gasteiger partial charge is 0.307 e. The number of hydrogen-bond acceptors (Lipinski definition) is 3. The number of unbranched alkanes of at least 4 members (excludes halogenated alkanes) is 9. The summed E-state index contributed by atoms with van der Waals surface area (Å²) in [4.78, 5) is 0. The van der Waals surface area contributed by atoms with E-state index in [0.717, 1.165) is 6.42 Å². The van der Waals surface area contributed by atoms with Crippen LogP contribution in [0, 0.1) is 0 Å². The number of rotatable bonds is 12. The molecule has 15 heavy (non-hydrogen) atoms. The second kappa shape index (κ2) is 14.3. The van der Waals surface area contributed by atoms with Gasteiger partial charge in [0.25, 0.3) is 0 Å². The van der Waals surface area contributed by atoms with Crippen LogP contribution in [-0.2, 0) is 4.18 Å². The highest BCUT2D eigenvalue weighted by Crippen LogP contribution is 2.10. The molecule has 0 saturated heterocycles. The minimum Gasteiger partial charge on any atom is -0.307 e. The zero-order valence-corrected chi connectivity index (χ0v) is 10.9. The van der Waals surface area contributed by atoms with E-state index in [9.17, 15) is 0 Å². The maximum Gasteiger partial charge on any atom is 0.155 e. The Labute approximate surface area is 99.2 Å². The molecule has 2 nitrogen and oxygen atoms in total. The van der Waals surface area contributed by atoms with Crippen LogP contribution in [0.1, 0.15) is 71.1 Å². The third-order valence-electron chi connectivity index (χ3n) is 2.63. The van der Waals surface area contributed by atoms with E-state index in [1.165, 1.54) is 57.8 Å². The van der Waals surface area contributed by atoms with Gasteiger partial charge in [-0.05, 0) is 6.42 Å². The van der Waals surface area contributed by atoms with Gasteiger partial charge < -0.3 is 4.55 Å². The van der Waals surface area contributed by atoms with E-state index in [4.69, 9.17) is 8.74 Å². The van der Waals surface area contributed by atoms with E-state index in [2.05, 4.69) is 6.92 Å². The summed E-state index contributed by atoms with van der Waals surface area (Å²) in [6.07, 6.45) is 13.3. The average molecular weight is 234 g/mol. The summed E-state index contributed by atoms with van der Waals surface area (Å²) in [6, 6.07) is 0. The molecule has 0 aliphatic carbocycles. The minimum atomic E-state index is 0.481. The summed E-state index contributed by atoms with van der Waals surface area (Å²) in [5.74, 6) is 0. The van der Waals surface area contributed by atoms with Crippen molar-refractivity contribution in [3.8, 4) is 0 Å². The summed E-state index contributed by atoms with van der Waals surface area (Å²) in [5, 5.41) is 0. The normalized spacial score (nSPS) is 10.8. The van der Waals surface area contributed by atoms with Crippen LogP contribution < -0.4 is 0 Å². The van der Waals surface area contributed by atoms with Crippen LogP contribution in [0.25, 0.3) is 0 Å². The smallest absolute Gasteiger partial charge is 0.155 e. The van der Waals surface area contributed by atoms with Crippen molar-refractivity contribution >= 4 is 12.3 Å². The molecule has 0 atom stereocenters. The van der Waals surface area contributed by atoms with Crippen LogP contribution in [0.3, 0.4) is 0 Å². The van der Waals surface area contributed by atoms with Crippen molar-refractivity contribution in [2.45, 2.75) is 71.1 Å². The number of hydrogen-bond donors (Lipinski definition) is 1. The molecule has 0 saturated carbocycles. The topological polar surface area (TPSA) is 29.5 Å². The van der Waals surface area contributed by atoms with Gasteiger partial charge in [-0.2, -0.15) is 0 Å². The van der Waals surface area contributed by atoms with Gasteiger partial charge in [0, 0.05) is 0 Å². The molecule has 0 aliphatic heterocycles. The van der Waals surface area contributed by atoms with Crippen LogP contribution in [0.2, 0.25) is 0 Å². The van der Waals surface area contributed by atoms with Crippen LogP contribution >= 0.6 is 12.3 Å². The van der Waals surface area contributed by atoms with Gasteiger partial charge in [-0.15, -0.1) is 0 Å². The van der Waals surface area contributed by atoms with E-state index in [0.29, 0.717) is 18.9 Å². The van der Waals surface area contributed by atoms with Crippen molar-refractivity contribution in [1.29, 1.82) is 0 Å². The van der Waals surface area contributed by atoms with Gasteiger partial charge >= 0.3 is 0 Å². The van der Waals surface area contributed by atoms with E-state index >= 15 is 0 Å². The molecule has 92 valence electrons. The second-order valence-corrected chi connectivity index (χ2v) is 4.46. The molecule has 0 aliphatic rings. The van der Waals surface area contributed by atoms with Crippen LogP contribution in [0.5, 0.6) is 0 Å². The van der Waals surface area contributed by atoms with E-state index in [-0.39, 0.29) is 0 Å². The Balaban J connectivity index is 2.81. The molecule has 0 spiro atoms. The first-order valence-corrected chi connectivity index (χ1v) is 7.04. The fraction of sp³-hybridized carbons (Fsp3) is 1.00. The lowest BCUT2D eigenvalue weighted by Gasteiger charge is -2.01. The monoisotopic (exact) mass is 234 g/mol. The Morgan fingerprint density at radius 2 is 1.27 bits per heavy atom. The lowest BCUT2D eigenvalue weighted by Crippen LogP contribution is -1.87. The Morgan fingerprint density at radius 1 is 0.800 bits per heavy atom. The van der Waals surface area contributed by atoms with Crippen LogP contribution in [0.15, 0.2) is 0 Å². The van der Waals surface area contributed by atoms with Crippen molar-refractivity contribution in [2.24, 2.45) is 0 Å². The third-order valence-corrected chi connectivity index (χ3v) is 2.91.